The van der Waals surface area contributed by atoms with Gasteiger partial charge in [-0.15, -0.1) is 6.58 Å². The highest BCUT2D eigenvalue weighted by molar-refractivity contribution is 6.33. The topological polar surface area (TPSA) is 35.8 Å². The van der Waals surface area contributed by atoms with Crippen molar-refractivity contribution in [1.29, 1.82) is 5.26 Å². The summed E-state index contributed by atoms with van der Waals surface area (Å²) in [6.45, 7) is 6.80. The van der Waals surface area contributed by atoms with Gasteiger partial charge in [0, 0.05) is 6.54 Å². The van der Waals surface area contributed by atoms with E-state index >= 15 is 0 Å². The fourth-order valence-electron chi connectivity index (χ4n) is 1.63. The van der Waals surface area contributed by atoms with Gasteiger partial charge in [0.2, 0.25) is 0 Å². The van der Waals surface area contributed by atoms with Crippen LogP contribution in [0.1, 0.15) is 25.7 Å². The standard InChI is InChI=1S/C11H21BN2/c1-3-5-11(6-4-8-12-2)7-9-14-10-13/h3,11-12,14H,1,4-9H2,2H3. The van der Waals surface area contributed by atoms with Crippen LogP contribution in [0, 0.1) is 17.4 Å². The molecule has 1 N–H and O–H groups in total. The molecule has 0 aromatic carbocycles. The molecule has 0 aliphatic heterocycles. The summed E-state index contributed by atoms with van der Waals surface area (Å²) in [4.78, 5) is 0. The number of allylic oxidation sites excluding steroid dienone is 1. The zero-order valence-electron chi connectivity index (χ0n) is 9.26. The minimum absolute atomic E-state index is 0.708. The first-order valence-corrected chi connectivity index (χ1v) is 5.58. The second-order valence-electron chi connectivity index (χ2n) is 3.71. The maximum absolute atomic E-state index is 8.34. The number of rotatable bonds is 9. The molecule has 78 valence electrons. The van der Waals surface area contributed by atoms with E-state index in [1.165, 1.54) is 26.4 Å². The Morgan fingerprint density at radius 2 is 2.36 bits per heavy atom. The van der Waals surface area contributed by atoms with Crippen molar-refractivity contribution in [3.05, 3.63) is 12.7 Å². The summed E-state index contributed by atoms with van der Waals surface area (Å²) in [5.41, 5.74) is 0. The summed E-state index contributed by atoms with van der Waals surface area (Å²) in [6.07, 6.45) is 10.0. The Kier molecular flexibility index (Phi) is 9.52. The highest BCUT2D eigenvalue weighted by Crippen LogP contribution is 2.16. The second kappa shape index (κ2) is 10.2. The Morgan fingerprint density at radius 1 is 1.57 bits per heavy atom. The van der Waals surface area contributed by atoms with Gasteiger partial charge in [0.25, 0.3) is 0 Å². The molecule has 2 nitrogen and oxygen atoms in total. The van der Waals surface area contributed by atoms with Crippen LogP contribution in [0.3, 0.4) is 0 Å². The fourth-order valence-corrected chi connectivity index (χ4v) is 1.63. The average Bonchev–Trinajstić information content (AvgIpc) is 2.18. The molecule has 0 aliphatic carbocycles. The molecule has 0 spiro atoms. The molecule has 0 bridgehead atoms. The number of nitriles is 1. The lowest BCUT2D eigenvalue weighted by Crippen LogP contribution is -2.12. The Bertz CT molecular complexity index is 175. The summed E-state index contributed by atoms with van der Waals surface area (Å²) < 4.78 is 0. The molecule has 3 heteroatoms. The van der Waals surface area contributed by atoms with Crippen LogP contribution in [-0.4, -0.2) is 13.8 Å². The normalized spacial score (nSPS) is 11.4. The lowest BCUT2D eigenvalue weighted by molar-refractivity contribution is 0.447. The highest BCUT2D eigenvalue weighted by Gasteiger charge is 2.05. The number of hydrogen-bond acceptors (Lipinski definition) is 2. The van der Waals surface area contributed by atoms with Crippen LogP contribution in [0.2, 0.25) is 13.1 Å². The Hall–Kier alpha value is -0.905. The van der Waals surface area contributed by atoms with Crippen molar-refractivity contribution < 1.29 is 0 Å². The number of nitrogens with one attached hydrogen (secondary N) is 1. The molecule has 0 fully saturated rings. The molecule has 0 aromatic rings. The average molecular weight is 192 g/mol. The first-order valence-electron chi connectivity index (χ1n) is 5.58. The van der Waals surface area contributed by atoms with Gasteiger partial charge in [0.05, 0.1) is 0 Å². The Morgan fingerprint density at radius 3 is 2.93 bits per heavy atom. The quantitative estimate of drug-likeness (QED) is 0.200. The molecular formula is C11H21BN2. The molecule has 0 heterocycles. The van der Waals surface area contributed by atoms with Gasteiger partial charge < -0.3 is 5.32 Å². The lowest BCUT2D eigenvalue weighted by Gasteiger charge is -2.13. The Labute approximate surface area is 88.6 Å². The molecule has 1 unspecified atom stereocenters. The maximum atomic E-state index is 8.34. The zero-order valence-corrected chi connectivity index (χ0v) is 9.26. The van der Waals surface area contributed by atoms with Gasteiger partial charge in [0.15, 0.2) is 6.19 Å². The monoisotopic (exact) mass is 192 g/mol. The third kappa shape index (κ3) is 7.73. The van der Waals surface area contributed by atoms with E-state index in [1.54, 1.807) is 0 Å². The van der Waals surface area contributed by atoms with Gasteiger partial charge >= 0.3 is 0 Å². The lowest BCUT2D eigenvalue weighted by atomic mass is 9.75. The molecule has 0 saturated carbocycles. The van der Waals surface area contributed by atoms with E-state index in [9.17, 15) is 0 Å². The number of hydrogen-bond donors (Lipinski definition) is 1. The molecule has 0 saturated heterocycles. The number of nitrogens with zero attached hydrogens (tertiary/aromatic N) is 1. The molecule has 0 radical (unpaired) electrons. The van der Waals surface area contributed by atoms with Gasteiger partial charge in [0.1, 0.15) is 7.28 Å². The summed E-state index contributed by atoms with van der Waals surface area (Å²) in [5, 5.41) is 11.0. The Balaban J connectivity index is 3.55. The second-order valence-corrected chi connectivity index (χ2v) is 3.71. The van der Waals surface area contributed by atoms with Crippen molar-refractivity contribution in [3.8, 4) is 6.19 Å². The minimum atomic E-state index is 0.708. The first-order chi connectivity index (χ1) is 6.85. The highest BCUT2D eigenvalue weighted by atomic mass is 14.8. The van der Waals surface area contributed by atoms with Crippen LogP contribution >= 0.6 is 0 Å². The summed E-state index contributed by atoms with van der Waals surface area (Å²) in [7, 11) is 1.28. The first kappa shape index (κ1) is 13.1. The molecule has 14 heavy (non-hydrogen) atoms. The van der Waals surface area contributed by atoms with Gasteiger partial charge in [-0.25, -0.2) is 0 Å². The van der Waals surface area contributed by atoms with Crippen LogP contribution in [0.25, 0.3) is 0 Å². The van der Waals surface area contributed by atoms with E-state index in [1.807, 2.05) is 12.3 Å². The summed E-state index contributed by atoms with van der Waals surface area (Å²) >= 11 is 0. The van der Waals surface area contributed by atoms with E-state index in [2.05, 4.69) is 18.7 Å². The summed E-state index contributed by atoms with van der Waals surface area (Å²) in [6, 6.07) is 0. The molecule has 1 atom stereocenters. The SMILES string of the molecule is C=CCC(CCCBC)CCNC#N. The molecule has 0 aliphatic rings. The third-order valence-electron chi connectivity index (χ3n) is 2.47. The van der Waals surface area contributed by atoms with E-state index in [-0.39, 0.29) is 0 Å². The van der Waals surface area contributed by atoms with E-state index < -0.39 is 0 Å². The van der Waals surface area contributed by atoms with Gasteiger partial charge in [-0.1, -0.05) is 32.1 Å². The van der Waals surface area contributed by atoms with Gasteiger partial charge in [-0.05, 0) is 18.8 Å². The van der Waals surface area contributed by atoms with Crippen LogP contribution in [0.4, 0.5) is 0 Å². The van der Waals surface area contributed by atoms with Crippen molar-refractivity contribution in [3.63, 3.8) is 0 Å². The van der Waals surface area contributed by atoms with E-state index in [0.717, 1.165) is 19.4 Å². The van der Waals surface area contributed by atoms with E-state index in [0.29, 0.717) is 5.92 Å². The molecule has 0 aromatic heterocycles. The third-order valence-corrected chi connectivity index (χ3v) is 2.47. The van der Waals surface area contributed by atoms with Crippen molar-refractivity contribution in [1.82, 2.24) is 5.32 Å². The van der Waals surface area contributed by atoms with Crippen LogP contribution in [-0.2, 0) is 0 Å². The van der Waals surface area contributed by atoms with Crippen molar-refractivity contribution in [2.24, 2.45) is 5.92 Å². The smallest absolute Gasteiger partial charge is 0.176 e. The maximum Gasteiger partial charge on any atom is 0.176 e. The van der Waals surface area contributed by atoms with Crippen molar-refractivity contribution in [2.75, 3.05) is 6.54 Å². The zero-order chi connectivity index (χ0) is 10.6. The predicted octanol–water partition coefficient (Wildman–Crippen LogP) is 2.32. The van der Waals surface area contributed by atoms with Crippen LogP contribution < -0.4 is 5.32 Å². The molecule has 0 amide bonds. The van der Waals surface area contributed by atoms with Crippen LogP contribution in [0.5, 0.6) is 0 Å². The molecular weight excluding hydrogens is 171 g/mol. The predicted molar refractivity (Wildman–Crippen MR) is 63.6 cm³/mol. The molecule has 0 rings (SSSR count). The minimum Gasteiger partial charge on any atom is -0.324 e. The van der Waals surface area contributed by atoms with Crippen molar-refractivity contribution in [2.45, 2.75) is 38.8 Å². The fraction of sp³-hybridized carbons (Fsp3) is 0.727. The summed E-state index contributed by atoms with van der Waals surface area (Å²) in [5.74, 6) is 0.708. The van der Waals surface area contributed by atoms with Gasteiger partial charge in [-0.2, -0.15) is 5.26 Å². The van der Waals surface area contributed by atoms with Crippen LogP contribution in [0.15, 0.2) is 12.7 Å². The van der Waals surface area contributed by atoms with Gasteiger partial charge in [-0.3, -0.25) is 0 Å². The van der Waals surface area contributed by atoms with E-state index in [4.69, 9.17) is 5.26 Å². The largest absolute Gasteiger partial charge is 0.324 e. The van der Waals surface area contributed by atoms with Crippen molar-refractivity contribution >= 4 is 7.28 Å².